The zero-order valence-electron chi connectivity index (χ0n) is 15.6. The third-order valence-electron chi connectivity index (χ3n) is 4.74. The van der Waals surface area contributed by atoms with Crippen LogP contribution in [-0.4, -0.2) is 94.0 Å². The van der Waals surface area contributed by atoms with Crippen LogP contribution in [-0.2, 0) is 20.1 Å². The van der Waals surface area contributed by atoms with Crippen molar-refractivity contribution in [3.8, 4) is 0 Å². The van der Waals surface area contributed by atoms with Crippen LogP contribution in [0.1, 0.15) is 6.92 Å². The van der Waals surface area contributed by atoms with Crippen molar-refractivity contribution < 1.29 is 39.9 Å². The zero-order chi connectivity index (χ0) is 22.2. The molecular weight excluding hydrogens is 406 g/mol. The maximum absolute atomic E-state index is 12.0. The first-order valence-electron chi connectivity index (χ1n) is 8.71. The number of aliphatic hydroxyl groups is 4. The number of nitrogens with zero attached hydrogens (tertiary/aromatic N) is 4. The number of carboxylic acids is 1. The number of nitrogens with two attached hydrogens (primary N) is 1. The molecule has 2 aromatic rings. The van der Waals surface area contributed by atoms with E-state index in [2.05, 4.69) is 25.8 Å². The predicted molar refractivity (Wildman–Crippen MR) is 96.3 cm³/mol. The molecule has 0 radical (unpaired) electrons. The first-order chi connectivity index (χ1) is 14.1. The SMILES string of the molecule is C[C@@H](O)[C@H](N)C(=O)NNc1ncnc2c1ncn2[C@]1(C(=O)O)O[C@H](CO)[C@@H](O)[C@H]1O. The molecule has 6 atom stereocenters. The van der Waals surface area contributed by atoms with Gasteiger partial charge in [-0.05, 0) is 6.92 Å². The summed E-state index contributed by atoms with van der Waals surface area (Å²) in [6, 6.07) is -1.22. The van der Waals surface area contributed by atoms with E-state index in [9.17, 15) is 35.1 Å². The van der Waals surface area contributed by atoms with E-state index in [4.69, 9.17) is 10.5 Å². The molecule has 9 N–H and O–H groups in total. The van der Waals surface area contributed by atoms with E-state index in [-0.39, 0.29) is 17.0 Å². The van der Waals surface area contributed by atoms with Crippen LogP contribution < -0.4 is 16.6 Å². The van der Waals surface area contributed by atoms with Gasteiger partial charge in [0.2, 0.25) is 0 Å². The van der Waals surface area contributed by atoms with Gasteiger partial charge < -0.3 is 36.0 Å². The number of ether oxygens (including phenoxy) is 1. The molecule has 0 unspecified atom stereocenters. The van der Waals surface area contributed by atoms with Crippen molar-refractivity contribution in [3.63, 3.8) is 0 Å². The lowest BCUT2D eigenvalue weighted by atomic mass is 10.0. The first kappa shape index (κ1) is 21.8. The number of aromatic nitrogens is 4. The second kappa shape index (κ2) is 8.05. The number of carboxylic acid groups (broad SMARTS) is 1. The number of imidazole rings is 1. The molecule has 3 rings (SSSR count). The minimum Gasteiger partial charge on any atom is -0.478 e. The first-order valence-corrected chi connectivity index (χ1v) is 8.71. The van der Waals surface area contributed by atoms with Gasteiger partial charge in [0.1, 0.15) is 37.0 Å². The molecule has 1 aliphatic heterocycles. The molecule has 1 saturated heterocycles. The lowest BCUT2D eigenvalue weighted by Gasteiger charge is -2.28. The number of fused-ring (bicyclic) bond motifs is 1. The van der Waals surface area contributed by atoms with Crippen molar-refractivity contribution >= 4 is 28.9 Å². The summed E-state index contributed by atoms with van der Waals surface area (Å²) < 4.78 is 6.19. The molecule has 15 heteroatoms. The summed E-state index contributed by atoms with van der Waals surface area (Å²) in [4.78, 5) is 35.8. The number of hydrogen-bond donors (Lipinski definition) is 8. The summed E-state index contributed by atoms with van der Waals surface area (Å²) in [5.41, 5.74) is 7.55. The average Bonchev–Trinajstić information content (AvgIpc) is 3.26. The number of carbonyl (C=O) groups excluding carboxylic acids is 1. The van der Waals surface area contributed by atoms with E-state index in [1.807, 2.05) is 0 Å². The fourth-order valence-corrected chi connectivity index (χ4v) is 3.02. The summed E-state index contributed by atoms with van der Waals surface area (Å²) in [6.45, 7) is 0.596. The van der Waals surface area contributed by atoms with Crippen LogP contribution in [0.2, 0.25) is 0 Å². The van der Waals surface area contributed by atoms with Gasteiger partial charge in [0, 0.05) is 0 Å². The minimum atomic E-state index is -2.52. The Balaban J connectivity index is 1.98. The molecule has 0 saturated carbocycles. The Morgan fingerprint density at radius 1 is 1.37 bits per heavy atom. The highest BCUT2D eigenvalue weighted by molar-refractivity contribution is 5.88. The molecule has 0 spiro atoms. The van der Waals surface area contributed by atoms with Crippen molar-refractivity contribution in [2.75, 3.05) is 12.0 Å². The molecule has 1 fully saturated rings. The molecule has 0 aromatic carbocycles. The van der Waals surface area contributed by atoms with Crippen molar-refractivity contribution in [1.82, 2.24) is 24.9 Å². The van der Waals surface area contributed by atoms with Gasteiger partial charge in [-0.3, -0.25) is 20.2 Å². The summed E-state index contributed by atoms with van der Waals surface area (Å²) in [7, 11) is 0. The molecule has 1 aliphatic rings. The number of aliphatic carboxylic acids is 1. The Morgan fingerprint density at radius 2 is 2.07 bits per heavy atom. The average molecular weight is 427 g/mol. The number of rotatable bonds is 7. The van der Waals surface area contributed by atoms with Gasteiger partial charge in [0.05, 0.1) is 12.7 Å². The Hall–Kier alpha value is -2.95. The molecule has 164 valence electrons. The summed E-state index contributed by atoms with van der Waals surface area (Å²) in [5, 5.41) is 48.9. The fraction of sp³-hybridized carbons (Fsp3) is 0.533. The number of hydrazine groups is 1. The van der Waals surface area contributed by atoms with Crippen LogP contribution in [0.25, 0.3) is 11.2 Å². The van der Waals surface area contributed by atoms with Crippen LogP contribution in [0, 0.1) is 0 Å². The van der Waals surface area contributed by atoms with Crippen LogP contribution in [0.15, 0.2) is 12.7 Å². The molecule has 0 aliphatic carbocycles. The summed E-state index contributed by atoms with van der Waals surface area (Å²) in [6.07, 6.45) is -4.10. The highest BCUT2D eigenvalue weighted by atomic mass is 16.6. The third kappa shape index (κ3) is 3.32. The molecular formula is C15H21N7O8. The van der Waals surface area contributed by atoms with Gasteiger partial charge in [-0.25, -0.2) is 19.7 Å². The molecule has 2 aromatic heterocycles. The largest absolute Gasteiger partial charge is 0.478 e. The van der Waals surface area contributed by atoms with Gasteiger partial charge in [0.15, 0.2) is 17.0 Å². The van der Waals surface area contributed by atoms with E-state index in [0.717, 1.165) is 17.2 Å². The van der Waals surface area contributed by atoms with Gasteiger partial charge >= 0.3 is 5.97 Å². The number of hydrogen-bond acceptors (Lipinski definition) is 12. The molecule has 3 heterocycles. The van der Waals surface area contributed by atoms with Crippen LogP contribution in [0.3, 0.4) is 0 Å². The predicted octanol–water partition coefficient (Wildman–Crippen LogP) is -4.17. The highest BCUT2D eigenvalue weighted by Gasteiger charge is 2.61. The van der Waals surface area contributed by atoms with Crippen molar-refractivity contribution in [2.24, 2.45) is 5.73 Å². The van der Waals surface area contributed by atoms with Gasteiger partial charge in [-0.1, -0.05) is 0 Å². The lowest BCUT2D eigenvalue weighted by Crippen LogP contribution is -2.51. The quantitative estimate of drug-likeness (QED) is 0.196. The monoisotopic (exact) mass is 427 g/mol. The molecule has 30 heavy (non-hydrogen) atoms. The Morgan fingerprint density at radius 3 is 2.63 bits per heavy atom. The van der Waals surface area contributed by atoms with E-state index in [1.54, 1.807) is 0 Å². The van der Waals surface area contributed by atoms with E-state index in [0.29, 0.717) is 0 Å². The topological polar surface area (TPSA) is 238 Å². The molecule has 15 nitrogen and oxygen atoms in total. The zero-order valence-corrected chi connectivity index (χ0v) is 15.6. The van der Waals surface area contributed by atoms with Gasteiger partial charge in [-0.2, -0.15) is 0 Å². The standard InChI is InChI=1S/C15H21N7O8/c1-5(24)7(16)13(27)21-20-11-8-12(18-3-17-11)22(4-19-8)15(14(28)29)10(26)9(25)6(2-23)30-15/h3-7,9-10,23-26H,2,16H2,1H3,(H,21,27)(H,28,29)(H,17,18,20)/t5-,6-,7+,9-,10-,15+/m1/s1. The number of nitrogens with one attached hydrogen (secondary N) is 2. The van der Waals surface area contributed by atoms with E-state index in [1.165, 1.54) is 6.92 Å². The van der Waals surface area contributed by atoms with Crippen LogP contribution in [0.5, 0.6) is 0 Å². The number of aliphatic hydroxyl groups excluding tert-OH is 4. The van der Waals surface area contributed by atoms with E-state index < -0.39 is 54.7 Å². The summed E-state index contributed by atoms with van der Waals surface area (Å²) in [5.74, 6) is -2.45. The molecule has 1 amide bonds. The Bertz CT molecular complexity index is 952. The number of anilines is 1. The van der Waals surface area contributed by atoms with Crippen LogP contribution >= 0.6 is 0 Å². The second-order valence-corrected chi connectivity index (χ2v) is 6.67. The maximum Gasteiger partial charge on any atom is 0.361 e. The van der Waals surface area contributed by atoms with Gasteiger partial charge in [-0.15, -0.1) is 0 Å². The van der Waals surface area contributed by atoms with Gasteiger partial charge in [0.25, 0.3) is 11.6 Å². The van der Waals surface area contributed by atoms with Crippen LogP contribution in [0.4, 0.5) is 5.82 Å². The lowest BCUT2D eigenvalue weighted by molar-refractivity contribution is -0.194. The fourth-order valence-electron chi connectivity index (χ4n) is 3.02. The van der Waals surface area contributed by atoms with Crippen molar-refractivity contribution in [3.05, 3.63) is 12.7 Å². The van der Waals surface area contributed by atoms with Crippen molar-refractivity contribution in [2.45, 2.75) is 43.1 Å². The Kier molecular flexibility index (Phi) is 5.84. The number of carbonyl (C=O) groups is 2. The normalized spacial score (nSPS) is 28.3. The molecule has 0 bridgehead atoms. The minimum absolute atomic E-state index is 0.0122. The van der Waals surface area contributed by atoms with E-state index >= 15 is 0 Å². The maximum atomic E-state index is 12.0. The number of amides is 1. The second-order valence-electron chi connectivity index (χ2n) is 6.67. The smallest absolute Gasteiger partial charge is 0.361 e. The summed E-state index contributed by atoms with van der Waals surface area (Å²) >= 11 is 0. The third-order valence-corrected chi connectivity index (χ3v) is 4.74. The highest BCUT2D eigenvalue weighted by Crippen LogP contribution is 2.38. The van der Waals surface area contributed by atoms with Crippen molar-refractivity contribution in [1.29, 1.82) is 0 Å². The Labute approximate surface area is 168 Å².